The second kappa shape index (κ2) is 7.59. The van der Waals surface area contributed by atoms with Crippen LogP contribution in [0.25, 0.3) is 17.0 Å². The molecule has 0 aromatic carbocycles. The Hall–Kier alpha value is -2.34. The maximum atomic E-state index is 12.9. The van der Waals surface area contributed by atoms with Gasteiger partial charge in [-0.1, -0.05) is 6.92 Å². The summed E-state index contributed by atoms with van der Waals surface area (Å²) in [6.07, 6.45) is 0.911. The lowest BCUT2D eigenvalue weighted by atomic mass is 10.3. The summed E-state index contributed by atoms with van der Waals surface area (Å²) >= 11 is 1.41. The molecule has 0 unspecified atom stereocenters. The topological polar surface area (TPSA) is 86.5 Å². The Bertz CT molecular complexity index is 1110. The highest BCUT2D eigenvalue weighted by Gasteiger charge is 2.33. The number of rotatable bonds is 6. The highest BCUT2D eigenvalue weighted by atomic mass is 32.2. The molecular formula is C16H15F3N4O3S2. The molecule has 0 radical (unpaired) electrons. The first-order valence-electron chi connectivity index (χ1n) is 7.92. The summed E-state index contributed by atoms with van der Waals surface area (Å²) < 4.78 is 70.3. The van der Waals surface area contributed by atoms with Crippen LogP contribution in [0, 0.1) is 0 Å². The second-order valence-corrected chi connectivity index (χ2v) is 8.70. The summed E-state index contributed by atoms with van der Waals surface area (Å²) in [6, 6.07) is 2.13. The third-order valence-corrected chi connectivity index (χ3v) is 5.86. The van der Waals surface area contributed by atoms with Gasteiger partial charge in [-0.2, -0.15) is 13.2 Å². The molecule has 0 aliphatic heterocycles. The third kappa shape index (κ3) is 4.07. The summed E-state index contributed by atoms with van der Waals surface area (Å²) in [4.78, 5) is 11.5. The molecule has 3 rings (SSSR count). The fraction of sp³-hybridized carbons (Fsp3) is 0.312. The molecule has 0 saturated carbocycles. The van der Waals surface area contributed by atoms with Crippen LogP contribution in [-0.2, 0) is 16.0 Å². The zero-order chi connectivity index (χ0) is 20.5. The number of alkyl halides is 3. The number of hydrogen-bond donors (Lipinski definition) is 0. The molecule has 28 heavy (non-hydrogen) atoms. The van der Waals surface area contributed by atoms with Gasteiger partial charge < -0.3 is 4.74 Å². The van der Waals surface area contributed by atoms with Crippen LogP contribution in [-0.4, -0.2) is 45.7 Å². The number of aromatic nitrogens is 4. The number of pyridine rings is 1. The number of sulfone groups is 1. The summed E-state index contributed by atoms with van der Waals surface area (Å²) in [5.41, 5.74) is -0.964. The second-order valence-electron chi connectivity index (χ2n) is 5.64. The number of ether oxygens (including phenoxy) is 1. The number of imidazole rings is 1. The SMILES string of the molecule is CCS(=O)(=O)c1cc(OCSC)cnc1-c1cn2cnc(C(F)(F)F)cc2n1. The van der Waals surface area contributed by atoms with Crippen LogP contribution in [0.1, 0.15) is 12.6 Å². The molecule has 0 spiro atoms. The number of thioether (sulfide) groups is 1. The average molecular weight is 432 g/mol. The molecule has 3 aromatic heterocycles. The predicted molar refractivity (Wildman–Crippen MR) is 98.0 cm³/mol. The van der Waals surface area contributed by atoms with Crippen LogP contribution in [0.3, 0.4) is 0 Å². The van der Waals surface area contributed by atoms with Crippen molar-refractivity contribution >= 4 is 27.2 Å². The molecule has 3 heterocycles. The van der Waals surface area contributed by atoms with Gasteiger partial charge in [0, 0.05) is 18.3 Å². The van der Waals surface area contributed by atoms with Gasteiger partial charge in [0.25, 0.3) is 0 Å². The number of hydrogen-bond acceptors (Lipinski definition) is 7. The standard InChI is InChI=1S/C16H15F3N4O3S2/c1-3-28(24,25)12-4-10(26-9-27-2)6-20-15(12)11-7-23-8-21-13(16(17,18)19)5-14(23)22-11/h4-8H,3,9H2,1-2H3. The molecule has 0 amide bonds. The zero-order valence-corrected chi connectivity index (χ0v) is 16.4. The van der Waals surface area contributed by atoms with Crippen LogP contribution in [0.2, 0.25) is 0 Å². The summed E-state index contributed by atoms with van der Waals surface area (Å²) in [6.45, 7) is 1.48. The highest BCUT2D eigenvalue weighted by Crippen LogP contribution is 2.31. The van der Waals surface area contributed by atoms with Gasteiger partial charge in [0.15, 0.2) is 9.84 Å². The molecule has 150 valence electrons. The normalized spacial score (nSPS) is 12.5. The van der Waals surface area contributed by atoms with E-state index in [-0.39, 0.29) is 33.4 Å². The van der Waals surface area contributed by atoms with E-state index in [2.05, 4.69) is 15.0 Å². The van der Waals surface area contributed by atoms with Gasteiger partial charge in [-0.25, -0.2) is 23.4 Å². The molecule has 0 N–H and O–H groups in total. The molecule has 12 heteroatoms. The fourth-order valence-corrected chi connectivity index (χ4v) is 3.69. The van der Waals surface area contributed by atoms with Gasteiger partial charge in [0.2, 0.25) is 0 Å². The Labute approximate surface area is 162 Å². The summed E-state index contributed by atoms with van der Waals surface area (Å²) in [5.74, 6) is 0.406. The quantitative estimate of drug-likeness (QED) is 0.553. The molecule has 7 nitrogen and oxygen atoms in total. The number of halogens is 3. The van der Waals surface area contributed by atoms with Crippen LogP contribution >= 0.6 is 11.8 Å². The Morgan fingerprint density at radius 2 is 2.00 bits per heavy atom. The minimum absolute atomic E-state index is 0.0262. The highest BCUT2D eigenvalue weighted by molar-refractivity contribution is 7.98. The molecule has 3 aromatic rings. The van der Waals surface area contributed by atoms with Gasteiger partial charge in [-0.15, -0.1) is 11.8 Å². The molecule has 0 bridgehead atoms. The van der Waals surface area contributed by atoms with Crippen LogP contribution in [0.15, 0.2) is 35.7 Å². The monoisotopic (exact) mass is 432 g/mol. The smallest absolute Gasteiger partial charge is 0.433 e. The average Bonchev–Trinajstić information content (AvgIpc) is 3.08. The van der Waals surface area contributed by atoms with Crippen molar-refractivity contribution in [2.24, 2.45) is 0 Å². The van der Waals surface area contributed by atoms with Gasteiger partial charge in [-0.05, 0) is 6.26 Å². The molecular weight excluding hydrogens is 417 g/mol. The van der Waals surface area contributed by atoms with Gasteiger partial charge in [0.05, 0.1) is 16.8 Å². The van der Waals surface area contributed by atoms with E-state index in [0.717, 1.165) is 12.4 Å². The molecule has 0 aliphatic rings. The third-order valence-electron chi connectivity index (χ3n) is 3.77. The Balaban J connectivity index is 2.14. The maximum Gasteiger partial charge on any atom is 0.433 e. The molecule has 0 aliphatic carbocycles. The van der Waals surface area contributed by atoms with Crippen molar-refractivity contribution < 1.29 is 26.3 Å². The summed E-state index contributed by atoms with van der Waals surface area (Å²) in [5, 5.41) is 0. The van der Waals surface area contributed by atoms with E-state index < -0.39 is 21.7 Å². The Morgan fingerprint density at radius 1 is 1.25 bits per heavy atom. The van der Waals surface area contributed by atoms with Crippen LogP contribution in [0.4, 0.5) is 13.2 Å². The van der Waals surface area contributed by atoms with E-state index in [0.29, 0.717) is 5.94 Å². The maximum absolute atomic E-state index is 12.9. The Morgan fingerprint density at radius 3 is 2.64 bits per heavy atom. The van der Waals surface area contributed by atoms with E-state index in [1.165, 1.54) is 41.5 Å². The molecule has 0 saturated heterocycles. The first kappa shape index (κ1) is 20.4. The largest absolute Gasteiger partial charge is 0.481 e. The van der Waals surface area contributed by atoms with E-state index in [1.807, 2.05) is 6.26 Å². The minimum atomic E-state index is -4.61. The van der Waals surface area contributed by atoms with Crippen molar-refractivity contribution in [3.8, 4) is 17.1 Å². The van der Waals surface area contributed by atoms with Crippen molar-refractivity contribution in [2.75, 3.05) is 17.9 Å². The first-order chi connectivity index (χ1) is 13.2. The van der Waals surface area contributed by atoms with E-state index in [9.17, 15) is 21.6 Å². The zero-order valence-electron chi connectivity index (χ0n) is 14.8. The number of fused-ring (bicyclic) bond motifs is 1. The van der Waals surface area contributed by atoms with Crippen molar-refractivity contribution in [3.63, 3.8) is 0 Å². The van der Waals surface area contributed by atoms with E-state index in [4.69, 9.17) is 4.74 Å². The lowest BCUT2D eigenvalue weighted by Gasteiger charge is -2.10. The van der Waals surface area contributed by atoms with Crippen molar-refractivity contribution in [1.82, 2.24) is 19.4 Å². The Kier molecular flexibility index (Phi) is 5.53. The fourth-order valence-electron chi connectivity index (χ4n) is 2.38. The first-order valence-corrected chi connectivity index (χ1v) is 11.0. The van der Waals surface area contributed by atoms with Crippen molar-refractivity contribution in [3.05, 3.63) is 36.5 Å². The summed E-state index contributed by atoms with van der Waals surface area (Å²) in [7, 11) is -3.69. The van der Waals surface area contributed by atoms with E-state index in [1.54, 1.807) is 0 Å². The lowest BCUT2D eigenvalue weighted by molar-refractivity contribution is -0.141. The minimum Gasteiger partial charge on any atom is -0.481 e. The van der Waals surface area contributed by atoms with Crippen LogP contribution < -0.4 is 4.74 Å². The van der Waals surface area contributed by atoms with Gasteiger partial charge in [0.1, 0.15) is 40.7 Å². The lowest BCUT2D eigenvalue weighted by Crippen LogP contribution is -2.08. The van der Waals surface area contributed by atoms with Gasteiger partial charge in [-0.3, -0.25) is 4.40 Å². The van der Waals surface area contributed by atoms with Crippen molar-refractivity contribution in [1.29, 1.82) is 0 Å². The molecule has 0 fully saturated rings. The molecule has 0 atom stereocenters. The van der Waals surface area contributed by atoms with Crippen LogP contribution in [0.5, 0.6) is 5.75 Å². The van der Waals surface area contributed by atoms with Gasteiger partial charge >= 0.3 is 6.18 Å². The van der Waals surface area contributed by atoms with E-state index >= 15 is 0 Å². The predicted octanol–water partition coefficient (Wildman–Crippen LogP) is 3.30. The number of nitrogens with zero attached hydrogens (tertiary/aromatic N) is 4. The van der Waals surface area contributed by atoms with Crippen molar-refractivity contribution in [2.45, 2.75) is 18.0 Å².